The van der Waals surface area contributed by atoms with Gasteiger partial charge in [0, 0.05) is 5.69 Å². The first-order chi connectivity index (χ1) is 7.61. The third-order valence-corrected chi connectivity index (χ3v) is 2.61. The molecule has 1 aliphatic heterocycles. The van der Waals surface area contributed by atoms with Crippen LogP contribution in [0.3, 0.4) is 0 Å². The van der Waals surface area contributed by atoms with Crippen LogP contribution in [0.5, 0.6) is 0 Å². The lowest BCUT2D eigenvalue weighted by molar-refractivity contribution is -0.122. The van der Waals surface area contributed by atoms with Crippen LogP contribution in [0.1, 0.15) is 6.92 Å². The monoisotopic (exact) mass is 220 g/mol. The van der Waals surface area contributed by atoms with E-state index in [0.29, 0.717) is 0 Å². The van der Waals surface area contributed by atoms with Crippen LogP contribution >= 0.6 is 0 Å². The number of rotatable bonds is 2. The van der Waals surface area contributed by atoms with Gasteiger partial charge in [0.25, 0.3) is 5.91 Å². The van der Waals surface area contributed by atoms with E-state index in [4.69, 9.17) is 4.74 Å². The molecule has 4 heteroatoms. The highest BCUT2D eigenvalue weighted by Gasteiger charge is 2.39. The highest BCUT2D eigenvalue weighted by atomic mass is 16.6. The van der Waals surface area contributed by atoms with Crippen molar-refractivity contribution in [3.63, 3.8) is 0 Å². The molecule has 0 spiro atoms. The van der Waals surface area contributed by atoms with E-state index >= 15 is 0 Å². The Balaban J connectivity index is 2.33. The predicted octanol–water partition coefficient (Wildman–Crippen LogP) is 1.28. The van der Waals surface area contributed by atoms with Crippen molar-refractivity contribution < 1.29 is 9.53 Å². The summed E-state index contributed by atoms with van der Waals surface area (Å²) in [6.07, 6.45) is -0.697. The molecule has 0 unspecified atom stereocenters. The third kappa shape index (κ3) is 1.81. The summed E-state index contributed by atoms with van der Waals surface area (Å²) in [7, 11) is 3.79. The number of amides is 1. The number of hydrogen-bond acceptors (Lipinski definition) is 3. The number of para-hydroxylation sites is 1. The van der Waals surface area contributed by atoms with Gasteiger partial charge in [0.05, 0.1) is 0 Å². The molecular formula is C12H16N2O2. The molecular weight excluding hydrogens is 204 g/mol. The molecule has 2 atom stereocenters. The van der Waals surface area contributed by atoms with Crippen LogP contribution in [0, 0.1) is 0 Å². The lowest BCUT2D eigenvalue weighted by Crippen LogP contribution is -2.43. The van der Waals surface area contributed by atoms with E-state index in [0.717, 1.165) is 5.69 Å². The maximum atomic E-state index is 12.0. The second kappa shape index (κ2) is 4.23. The van der Waals surface area contributed by atoms with Crippen molar-refractivity contribution in [1.82, 2.24) is 4.90 Å². The van der Waals surface area contributed by atoms with E-state index in [1.807, 2.05) is 49.3 Å². The first-order valence-electron chi connectivity index (χ1n) is 5.31. The smallest absolute Gasteiger partial charge is 0.259 e. The lowest BCUT2D eigenvalue weighted by atomic mass is 10.2. The average molecular weight is 220 g/mol. The van der Waals surface area contributed by atoms with E-state index in [1.54, 1.807) is 11.8 Å². The van der Waals surface area contributed by atoms with Gasteiger partial charge in [0.2, 0.25) is 0 Å². The number of carbonyl (C=O) groups excluding carboxylic acids is 1. The predicted molar refractivity (Wildman–Crippen MR) is 62.0 cm³/mol. The molecule has 0 saturated carbocycles. The minimum absolute atomic E-state index is 0.00454. The summed E-state index contributed by atoms with van der Waals surface area (Å²) >= 11 is 0. The maximum Gasteiger partial charge on any atom is 0.259 e. The van der Waals surface area contributed by atoms with Crippen LogP contribution in [0.2, 0.25) is 0 Å². The first kappa shape index (κ1) is 11.1. The Kier molecular flexibility index (Phi) is 2.94. The summed E-state index contributed by atoms with van der Waals surface area (Å²) in [5, 5.41) is 0. The van der Waals surface area contributed by atoms with Gasteiger partial charge in [-0.2, -0.15) is 0 Å². The zero-order valence-corrected chi connectivity index (χ0v) is 9.75. The molecule has 0 aromatic heterocycles. The van der Waals surface area contributed by atoms with Gasteiger partial charge in [-0.15, -0.1) is 0 Å². The summed E-state index contributed by atoms with van der Waals surface area (Å²) in [4.78, 5) is 15.6. The van der Waals surface area contributed by atoms with E-state index in [9.17, 15) is 4.79 Å². The van der Waals surface area contributed by atoms with Crippen molar-refractivity contribution in [1.29, 1.82) is 0 Å². The number of ether oxygens (including phenoxy) is 1. The molecule has 0 aliphatic carbocycles. The molecule has 0 bridgehead atoms. The van der Waals surface area contributed by atoms with E-state index < -0.39 is 0 Å². The molecule has 16 heavy (non-hydrogen) atoms. The summed E-state index contributed by atoms with van der Waals surface area (Å²) in [5.41, 5.74) is 0.871. The minimum Gasteiger partial charge on any atom is -0.332 e. The van der Waals surface area contributed by atoms with Crippen molar-refractivity contribution in [2.75, 3.05) is 19.0 Å². The van der Waals surface area contributed by atoms with Crippen LogP contribution in [0.4, 0.5) is 5.69 Å². The Morgan fingerprint density at radius 1 is 1.25 bits per heavy atom. The van der Waals surface area contributed by atoms with E-state index in [2.05, 4.69) is 0 Å². The standard InChI is InChI=1S/C12H16N2O2/c1-9-11(15)14(12(16-9)13(2)3)10-7-5-4-6-8-10/h4-9,12H,1-3H3/t9-,12+/m1/s1. The van der Waals surface area contributed by atoms with Crippen molar-refractivity contribution in [3.05, 3.63) is 30.3 Å². The fourth-order valence-corrected chi connectivity index (χ4v) is 1.80. The van der Waals surface area contributed by atoms with E-state index in [-0.39, 0.29) is 18.4 Å². The molecule has 1 aromatic rings. The van der Waals surface area contributed by atoms with Gasteiger partial charge < -0.3 is 4.74 Å². The van der Waals surface area contributed by atoms with Gasteiger partial charge >= 0.3 is 0 Å². The number of carbonyl (C=O) groups is 1. The normalized spacial score (nSPS) is 25.5. The molecule has 1 amide bonds. The van der Waals surface area contributed by atoms with Crippen molar-refractivity contribution >= 4 is 11.6 Å². The SMILES string of the molecule is C[C@H]1O[C@@H](N(C)C)N(c2ccccc2)C1=O. The first-order valence-corrected chi connectivity index (χ1v) is 5.31. The zero-order chi connectivity index (χ0) is 11.7. The van der Waals surface area contributed by atoms with Crippen LogP contribution in [0.25, 0.3) is 0 Å². The van der Waals surface area contributed by atoms with Crippen LogP contribution in [-0.4, -0.2) is 37.4 Å². The summed E-state index contributed by atoms with van der Waals surface area (Å²) in [6, 6.07) is 9.58. The molecule has 1 saturated heterocycles. The van der Waals surface area contributed by atoms with Gasteiger partial charge in [-0.3, -0.25) is 14.6 Å². The zero-order valence-electron chi connectivity index (χ0n) is 9.75. The molecule has 0 radical (unpaired) electrons. The van der Waals surface area contributed by atoms with Crippen LogP contribution in [-0.2, 0) is 9.53 Å². The molecule has 1 heterocycles. The molecule has 0 N–H and O–H groups in total. The van der Waals surface area contributed by atoms with Gasteiger partial charge in [-0.05, 0) is 33.2 Å². The Morgan fingerprint density at radius 3 is 2.44 bits per heavy atom. The van der Waals surface area contributed by atoms with Crippen LogP contribution < -0.4 is 4.90 Å². The molecule has 1 fully saturated rings. The largest absolute Gasteiger partial charge is 0.332 e. The Bertz CT molecular complexity index is 378. The van der Waals surface area contributed by atoms with Gasteiger partial charge in [-0.25, -0.2) is 0 Å². The quantitative estimate of drug-likeness (QED) is 0.752. The third-order valence-electron chi connectivity index (χ3n) is 2.61. The van der Waals surface area contributed by atoms with Crippen molar-refractivity contribution in [2.24, 2.45) is 0 Å². The maximum absolute atomic E-state index is 12.0. The fourth-order valence-electron chi connectivity index (χ4n) is 1.80. The molecule has 1 aromatic carbocycles. The van der Waals surface area contributed by atoms with Crippen molar-refractivity contribution in [3.8, 4) is 0 Å². The Labute approximate surface area is 95.4 Å². The van der Waals surface area contributed by atoms with Crippen LogP contribution in [0.15, 0.2) is 30.3 Å². The van der Waals surface area contributed by atoms with Crippen molar-refractivity contribution in [2.45, 2.75) is 19.4 Å². The van der Waals surface area contributed by atoms with E-state index in [1.165, 1.54) is 0 Å². The highest BCUT2D eigenvalue weighted by molar-refractivity contribution is 5.98. The lowest BCUT2D eigenvalue weighted by Gasteiger charge is -2.27. The minimum atomic E-state index is -0.382. The summed E-state index contributed by atoms with van der Waals surface area (Å²) in [5.74, 6) is 0.00454. The molecule has 86 valence electrons. The molecule has 2 rings (SSSR count). The Hall–Kier alpha value is -1.39. The molecule has 4 nitrogen and oxygen atoms in total. The van der Waals surface area contributed by atoms with Gasteiger partial charge in [-0.1, -0.05) is 18.2 Å². The number of nitrogens with zero attached hydrogens (tertiary/aromatic N) is 2. The fraction of sp³-hybridized carbons (Fsp3) is 0.417. The highest BCUT2D eigenvalue weighted by Crippen LogP contribution is 2.26. The summed E-state index contributed by atoms with van der Waals surface area (Å²) < 4.78 is 5.60. The number of benzene rings is 1. The Morgan fingerprint density at radius 2 is 1.88 bits per heavy atom. The second-order valence-corrected chi connectivity index (χ2v) is 4.11. The molecule has 1 aliphatic rings. The number of hydrogen-bond donors (Lipinski definition) is 0. The number of anilines is 1. The van der Waals surface area contributed by atoms with Gasteiger partial charge in [0.1, 0.15) is 6.10 Å². The average Bonchev–Trinajstić information content (AvgIpc) is 2.57. The second-order valence-electron chi connectivity index (χ2n) is 4.11. The topological polar surface area (TPSA) is 32.8 Å². The van der Waals surface area contributed by atoms with Gasteiger partial charge in [0.15, 0.2) is 6.35 Å². The summed E-state index contributed by atoms with van der Waals surface area (Å²) in [6.45, 7) is 1.78.